The largest absolute Gasteiger partial charge is 0.389 e. The molecule has 96 valence electrons. The van der Waals surface area contributed by atoms with Crippen molar-refractivity contribution in [1.29, 1.82) is 0 Å². The first kappa shape index (κ1) is 14.2. The normalized spacial score (nSPS) is 32.9. The van der Waals surface area contributed by atoms with Gasteiger partial charge in [0.05, 0.1) is 12.2 Å². The Morgan fingerprint density at radius 2 is 1.82 bits per heavy atom. The highest BCUT2D eigenvalue weighted by Gasteiger charge is 2.22. The first-order chi connectivity index (χ1) is 7.82. The number of aliphatic hydroxyl groups excluding tert-OH is 2. The van der Waals surface area contributed by atoms with E-state index in [9.17, 15) is 10.2 Å². The number of hydrogen-bond acceptors (Lipinski definition) is 2. The van der Waals surface area contributed by atoms with Crippen LogP contribution in [0.2, 0.25) is 0 Å². The van der Waals surface area contributed by atoms with Gasteiger partial charge in [0.2, 0.25) is 0 Å². The number of rotatable bonds is 0. The lowest BCUT2D eigenvalue weighted by atomic mass is 9.84. The van der Waals surface area contributed by atoms with E-state index in [2.05, 4.69) is 33.1 Å². The molecule has 0 fully saturated rings. The lowest BCUT2D eigenvalue weighted by Crippen LogP contribution is -2.20. The fraction of sp³-hybridized carbons (Fsp3) is 0.600. The van der Waals surface area contributed by atoms with E-state index in [4.69, 9.17) is 0 Å². The average molecular weight is 236 g/mol. The summed E-state index contributed by atoms with van der Waals surface area (Å²) < 4.78 is 0. The molecule has 1 rings (SSSR count). The van der Waals surface area contributed by atoms with Gasteiger partial charge in [-0.05, 0) is 42.2 Å². The van der Waals surface area contributed by atoms with Crippen molar-refractivity contribution in [3.05, 3.63) is 36.5 Å². The van der Waals surface area contributed by atoms with E-state index < -0.39 is 12.2 Å². The van der Waals surface area contributed by atoms with E-state index in [1.807, 2.05) is 6.08 Å². The van der Waals surface area contributed by atoms with Crippen LogP contribution in [0.4, 0.5) is 0 Å². The molecule has 0 aromatic rings. The van der Waals surface area contributed by atoms with Gasteiger partial charge in [0.15, 0.2) is 0 Å². The predicted molar refractivity (Wildman–Crippen MR) is 71.7 cm³/mol. The summed E-state index contributed by atoms with van der Waals surface area (Å²) in [6.45, 7) is 12.0. The van der Waals surface area contributed by atoms with E-state index in [-0.39, 0.29) is 5.41 Å². The fourth-order valence-corrected chi connectivity index (χ4v) is 2.07. The zero-order valence-electron chi connectivity index (χ0n) is 10.9. The lowest BCUT2D eigenvalue weighted by molar-refractivity contribution is 0.154. The number of allylic oxidation sites excluding steroid dienone is 2. The van der Waals surface area contributed by atoms with E-state index >= 15 is 0 Å². The van der Waals surface area contributed by atoms with Crippen LogP contribution in [0.1, 0.15) is 39.5 Å². The molecule has 0 amide bonds. The van der Waals surface area contributed by atoms with Crippen molar-refractivity contribution in [3.8, 4) is 0 Å². The summed E-state index contributed by atoms with van der Waals surface area (Å²) in [4.78, 5) is 0. The molecule has 1 aliphatic rings. The molecule has 0 aromatic carbocycles. The molecule has 2 N–H and O–H groups in total. The van der Waals surface area contributed by atoms with Gasteiger partial charge >= 0.3 is 0 Å². The highest BCUT2D eigenvalue weighted by atomic mass is 16.3. The van der Waals surface area contributed by atoms with Crippen molar-refractivity contribution in [2.75, 3.05) is 0 Å². The lowest BCUT2D eigenvalue weighted by Gasteiger charge is -2.25. The van der Waals surface area contributed by atoms with E-state index in [0.717, 1.165) is 11.1 Å². The maximum atomic E-state index is 10.0. The third kappa shape index (κ3) is 4.49. The van der Waals surface area contributed by atoms with Gasteiger partial charge in [0, 0.05) is 0 Å². The molecule has 0 aliphatic heterocycles. The van der Waals surface area contributed by atoms with Crippen molar-refractivity contribution >= 4 is 0 Å². The highest BCUT2D eigenvalue weighted by molar-refractivity contribution is 5.14. The molecule has 0 radical (unpaired) electrons. The van der Waals surface area contributed by atoms with Crippen molar-refractivity contribution in [2.24, 2.45) is 5.41 Å². The minimum atomic E-state index is -0.496. The van der Waals surface area contributed by atoms with E-state index in [1.54, 1.807) is 0 Å². The topological polar surface area (TPSA) is 40.5 Å². The third-order valence-electron chi connectivity index (χ3n) is 3.35. The second-order valence-electron chi connectivity index (χ2n) is 5.69. The average Bonchev–Trinajstić information content (AvgIpc) is 2.23. The zero-order chi connectivity index (χ0) is 13.1. The van der Waals surface area contributed by atoms with Crippen LogP contribution < -0.4 is 0 Å². The molecular formula is C15H24O2. The summed E-state index contributed by atoms with van der Waals surface area (Å²) in [5.41, 5.74) is 1.58. The number of hydrogen-bond donors (Lipinski definition) is 2. The Hall–Kier alpha value is -0.860. The van der Waals surface area contributed by atoms with Crippen LogP contribution in [0, 0.1) is 5.41 Å². The molecule has 0 saturated carbocycles. The van der Waals surface area contributed by atoms with Gasteiger partial charge in [0.25, 0.3) is 0 Å². The molecule has 0 aromatic heterocycles. The van der Waals surface area contributed by atoms with Crippen molar-refractivity contribution < 1.29 is 10.2 Å². The van der Waals surface area contributed by atoms with Gasteiger partial charge in [-0.15, -0.1) is 0 Å². The number of aliphatic hydroxyl groups is 2. The Kier molecular flexibility index (Phi) is 4.72. The van der Waals surface area contributed by atoms with Crippen LogP contribution in [-0.4, -0.2) is 22.4 Å². The van der Waals surface area contributed by atoms with Crippen LogP contribution in [0.25, 0.3) is 0 Å². The minimum absolute atomic E-state index is 0.0576. The van der Waals surface area contributed by atoms with Gasteiger partial charge in [-0.2, -0.15) is 0 Å². The van der Waals surface area contributed by atoms with E-state index in [1.165, 1.54) is 0 Å². The Morgan fingerprint density at radius 1 is 1.18 bits per heavy atom. The summed E-state index contributed by atoms with van der Waals surface area (Å²) in [6, 6.07) is 0. The second-order valence-corrected chi connectivity index (χ2v) is 5.69. The molecular weight excluding hydrogens is 212 g/mol. The summed E-state index contributed by atoms with van der Waals surface area (Å²) in [7, 11) is 0. The molecule has 0 bridgehead atoms. The van der Waals surface area contributed by atoms with Gasteiger partial charge in [0.1, 0.15) is 0 Å². The summed E-state index contributed by atoms with van der Waals surface area (Å²) >= 11 is 0. The van der Waals surface area contributed by atoms with Crippen molar-refractivity contribution in [2.45, 2.75) is 51.7 Å². The molecule has 2 nitrogen and oxygen atoms in total. The molecule has 1 aliphatic carbocycles. The zero-order valence-corrected chi connectivity index (χ0v) is 10.9. The summed E-state index contributed by atoms with van der Waals surface area (Å²) in [5, 5.41) is 19.9. The Labute approximate surface area is 104 Å². The molecule has 2 heteroatoms. The summed E-state index contributed by atoms with van der Waals surface area (Å²) in [6.07, 6.45) is 5.76. The second kappa shape index (κ2) is 5.65. The van der Waals surface area contributed by atoms with Gasteiger partial charge in [-0.1, -0.05) is 39.2 Å². The quantitative estimate of drug-likeness (QED) is 0.635. The standard InChI is InChI=1S/C15H24O2/c1-11-6-5-9-15(3,4)10-14(17)12(2)7-8-13(11)16/h5,9,13-14,16-17H,1-2,6-8,10H2,3-4H3/b9-5-/t13-,14+/m0/s1. The highest BCUT2D eigenvalue weighted by Crippen LogP contribution is 2.29. The molecule has 0 unspecified atom stereocenters. The van der Waals surface area contributed by atoms with Crippen molar-refractivity contribution in [3.63, 3.8) is 0 Å². The summed E-state index contributed by atoms with van der Waals surface area (Å²) in [5.74, 6) is 0. The van der Waals surface area contributed by atoms with Gasteiger partial charge in [-0.3, -0.25) is 0 Å². The molecule has 0 saturated heterocycles. The molecule has 0 spiro atoms. The Morgan fingerprint density at radius 3 is 2.47 bits per heavy atom. The van der Waals surface area contributed by atoms with Crippen molar-refractivity contribution in [1.82, 2.24) is 0 Å². The maximum absolute atomic E-state index is 10.0. The van der Waals surface area contributed by atoms with Crippen LogP contribution in [-0.2, 0) is 0 Å². The van der Waals surface area contributed by atoms with E-state index in [0.29, 0.717) is 25.7 Å². The molecule has 17 heavy (non-hydrogen) atoms. The predicted octanol–water partition coefficient (Wildman–Crippen LogP) is 2.98. The third-order valence-corrected chi connectivity index (χ3v) is 3.35. The Balaban J connectivity index is 2.84. The van der Waals surface area contributed by atoms with Crippen LogP contribution >= 0.6 is 0 Å². The maximum Gasteiger partial charge on any atom is 0.0755 e. The van der Waals surface area contributed by atoms with Crippen LogP contribution in [0.5, 0.6) is 0 Å². The smallest absolute Gasteiger partial charge is 0.0755 e. The fourth-order valence-electron chi connectivity index (χ4n) is 2.07. The van der Waals surface area contributed by atoms with Crippen LogP contribution in [0.3, 0.4) is 0 Å². The van der Waals surface area contributed by atoms with Gasteiger partial charge in [-0.25, -0.2) is 0 Å². The first-order valence-corrected chi connectivity index (χ1v) is 6.21. The first-order valence-electron chi connectivity index (χ1n) is 6.21. The molecule has 2 atom stereocenters. The SMILES string of the molecule is C=C1CC[C@H](O)C(=C)C/C=C\C(C)(C)C[C@H]1O. The monoisotopic (exact) mass is 236 g/mol. The molecule has 0 heterocycles. The van der Waals surface area contributed by atoms with Gasteiger partial charge < -0.3 is 10.2 Å². The van der Waals surface area contributed by atoms with Crippen LogP contribution in [0.15, 0.2) is 36.5 Å². The Bertz CT molecular complexity index is 326. The minimum Gasteiger partial charge on any atom is -0.389 e.